The molecule has 3 aromatic rings. The highest BCUT2D eigenvalue weighted by atomic mass is 35.5. The molecule has 1 aliphatic rings. The predicted octanol–water partition coefficient (Wildman–Crippen LogP) is 5.29. The molecule has 0 spiro atoms. The minimum atomic E-state index is -3.91. The van der Waals surface area contributed by atoms with Gasteiger partial charge in [-0.25, -0.2) is 21.1 Å². The molecule has 0 saturated carbocycles. The molecule has 13 heteroatoms. The van der Waals surface area contributed by atoms with Gasteiger partial charge in [0.25, 0.3) is 10.0 Å². The van der Waals surface area contributed by atoms with Crippen molar-refractivity contribution in [3.8, 4) is 5.75 Å². The minimum absolute atomic E-state index is 0.00583. The third-order valence-electron chi connectivity index (χ3n) is 6.51. The topological polar surface area (TPSA) is 122 Å². The van der Waals surface area contributed by atoms with E-state index in [1.54, 1.807) is 24.3 Å². The number of carbonyl (C=O) groups is 1. The van der Waals surface area contributed by atoms with Crippen LogP contribution in [0.25, 0.3) is 0 Å². The maximum atomic E-state index is 13.0. The fourth-order valence-corrected chi connectivity index (χ4v) is 7.39. The molecule has 1 amide bonds. The van der Waals surface area contributed by atoms with Crippen LogP contribution in [0, 0.1) is 12.8 Å². The fourth-order valence-electron chi connectivity index (χ4n) is 4.41. The van der Waals surface area contributed by atoms with Gasteiger partial charge in [0, 0.05) is 18.8 Å². The average Bonchev–Trinajstić information content (AvgIpc) is 2.91. The quantitative estimate of drug-likeness (QED) is 0.333. The highest BCUT2D eigenvalue weighted by Gasteiger charge is 2.32. The number of nitrogens with one attached hydrogen (secondary N) is 2. The number of nitrogens with zero attached hydrogens (tertiary/aromatic N) is 1. The van der Waals surface area contributed by atoms with Crippen LogP contribution in [-0.2, 0) is 30.6 Å². The van der Waals surface area contributed by atoms with Crippen LogP contribution in [0.1, 0.15) is 24.0 Å². The van der Waals surface area contributed by atoms with Crippen LogP contribution in [0.5, 0.6) is 5.75 Å². The Hall–Kier alpha value is -2.83. The molecule has 9 nitrogen and oxygen atoms in total. The molecule has 4 rings (SSSR count). The van der Waals surface area contributed by atoms with Crippen molar-refractivity contribution in [2.45, 2.75) is 30.4 Å². The van der Waals surface area contributed by atoms with Crippen molar-refractivity contribution in [1.82, 2.24) is 4.31 Å². The Morgan fingerprint density at radius 3 is 2.40 bits per heavy atom. The number of benzene rings is 3. The summed E-state index contributed by atoms with van der Waals surface area (Å²) in [5, 5.41) is 3.39. The largest absolute Gasteiger partial charge is 0.495 e. The predicted molar refractivity (Wildman–Crippen MR) is 157 cm³/mol. The summed E-state index contributed by atoms with van der Waals surface area (Å²) < 4.78 is 61.0. The summed E-state index contributed by atoms with van der Waals surface area (Å²) in [5.41, 5.74) is 2.08. The van der Waals surface area contributed by atoms with Crippen molar-refractivity contribution >= 4 is 60.5 Å². The number of methoxy groups -OCH3 is 1. The molecule has 40 heavy (non-hydrogen) atoms. The number of halogens is 2. The molecule has 3 aromatic carbocycles. The molecular formula is C27H29Cl2N3O6S2. The third kappa shape index (κ3) is 7.27. The molecule has 214 valence electrons. The van der Waals surface area contributed by atoms with Gasteiger partial charge in [0.15, 0.2) is 0 Å². The number of hydrogen-bond acceptors (Lipinski definition) is 6. The number of rotatable bonds is 9. The molecule has 1 saturated heterocycles. The van der Waals surface area contributed by atoms with E-state index in [1.165, 1.54) is 41.7 Å². The highest BCUT2D eigenvalue weighted by molar-refractivity contribution is 7.92. The summed E-state index contributed by atoms with van der Waals surface area (Å²) in [7, 11) is -6.15. The number of anilines is 2. The van der Waals surface area contributed by atoms with Crippen LogP contribution in [-0.4, -0.2) is 47.2 Å². The van der Waals surface area contributed by atoms with Gasteiger partial charge in [-0.3, -0.25) is 9.52 Å². The lowest BCUT2D eigenvalue weighted by molar-refractivity contribution is -0.120. The monoisotopic (exact) mass is 625 g/mol. The Bertz CT molecular complexity index is 1610. The van der Waals surface area contributed by atoms with Crippen LogP contribution in [0.4, 0.5) is 11.4 Å². The number of piperidine rings is 1. The van der Waals surface area contributed by atoms with E-state index in [0.717, 1.165) is 5.56 Å². The van der Waals surface area contributed by atoms with E-state index in [9.17, 15) is 21.6 Å². The molecular weight excluding hydrogens is 597 g/mol. The highest BCUT2D eigenvalue weighted by Crippen LogP contribution is 2.29. The molecule has 0 aromatic heterocycles. The lowest BCUT2D eigenvalue weighted by Gasteiger charge is -2.31. The summed E-state index contributed by atoms with van der Waals surface area (Å²) in [6.07, 6.45) is 1.06. The molecule has 1 aliphatic heterocycles. The van der Waals surface area contributed by atoms with E-state index in [1.807, 2.05) is 13.0 Å². The zero-order chi connectivity index (χ0) is 29.1. The Kier molecular flexibility index (Phi) is 9.31. The van der Waals surface area contributed by atoms with Gasteiger partial charge in [0.1, 0.15) is 5.75 Å². The fraction of sp³-hybridized carbons (Fsp3) is 0.296. The first-order valence-corrected chi connectivity index (χ1v) is 16.2. The van der Waals surface area contributed by atoms with Crippen molar-refractivity contribution in [1.29, 1.82) is 0 Å². The lowest BCUT2D eigenvalue weighted by Crippen LogP contribution is -2.44. The van der Waals surface area contributed by atoms with Gasteiger partial charge < -0.3 is 10.1 Å². The van der Waals surface area contributed by atoms with Gasteiger partial charge in [0.05, 0.1) is 39.4 Å². The normalized spacial score (nSPS) is 16.4. The summed E-state index contributed by atoms with van der Waals surface area (Å²) >= 11 is 12.0. The van der Waals surface area contributed by atoms with Crippen LogP contribution in [0.15, 0.2) is 65.6 Å². The Labute approximate surface area is 244 Å². The summed E-state index contributed by atoms with van der Waals surface area (Å²) in [4.78, 5) is 13.0. The van der Waals surface area contributed by atoms with E-state index >= 15 is 0 Å². The Morgan fingerprint density at radius 1 is 1.00 bits per heavy atom. The van der Waals surface area contributed by atoms with Crippen molar-refractivity contribution in [3.63, 3.8) is 0 Å². The maximum absolute atomic E-state index is 13.0. The van der Waals surface area contributed by atoms with E-state index in [-0.39, 0.29) is 28.1 Å². The van der Waals surface area contributed by atoms with Gasteiger partial charge in [-0.2, -0.15) is 0 Å². The standard InChI is InChI=1S/C27H29Cl2N3O6S2/c1-18-5-12-26(38-2)25(14-18)31-40(36,37)22-9-7-21(8-10-22)30-27(33)20-4-3-13-32(16-20)39(34,35)17-19-6-11-23(28)24(29)15-19/h5-12,14-15,20,31H,3-4,13,16-17H2,1-2H3,(H,30,33)/t20-/m0/s1. The second-order valence-electron chi connectivity index (χ2n) is 9.52. The zero-order valence-electron chi connectivity index (χ0n) is 21.9. The number of hydrogen-bond donors (Lipinski definition) is 2. The molecule has 1 fully saturated rings. The molecule has 1 heterocycles. The molecule has 2 N–H and O–H groups in total. The number of amides is 1. The summed E-state index contributed by atoms with van der Waals surface area (Å²) in [6.45, 7) is 2.20. The Balaban J connectivity index is 1.40. The first kappa shape index (κ1) is 30.1. The smallest absolute Gasteiger partial charge is 0.262 e. The molecule has 0 unspecified atom stereocenters. The lowest BCUT2D eigenvalue weighted by atomic mass is 9.99. The van der Waals surface area contributed by atoms with Crippen molar-refractivity contribution in [2.24, 2.45) is 5.92 Å². The van der Waals surface area contributed by atoms with Crippen LogP contribution in [0.2, 0.25) is 10.0 Å². The van der Waals surface area contributed by atoms with Crippen molar-refractivity contribution in [2.75, 3.05) is 30.2 Å². The van der Waals surface area contributed by atoms with E-state index < -0.39 is 26.0 Å². The van der Waals surface area contributed by atoms with Crippen molar-refractivity contribution < 1.29 is 26.4 Å². The first-order valence-electron chi connectivity index (χ1n) is 12.4. The number of ether oxygens (including phenoxy) is 1. The number of sulfonamides is 2. The van der Waals surface area contributed by atoms with E-state index in [0.29, 0.717) is 47.1 Å². The van der Waals surface area contributed by atoms with E-state index in [4.69, 9.17) is 27.9 Å². The molecule has 0 bridgehead atoms. The first-order chi connectivity index (χ1) is 18.9. The summed E-state index contributed by atoms with van der Waals surface area (Å²) in [5.74, 6) is -0.765. The van der Waals surface area contributed by atoms with Gasteiger partial charge >= 0.3 is 0 Å². The van der Waals surface area contributed by atoms with Crippen LogP contribution < -0.4 is 14.8 Å². The van der Waals surface area contributed by atoms with Crippen molar-refractivity contribution in [3.05, 3.63) is 81.8 Å². The molecule has 0 radical (unpaired) electrons. The average molecular weight is 627 g/mol. The number of carbonyl (C=O) groups excluding carboxylic acids is 1. The zero-order valence-corrected chi connectivity index (χ0v) is 25.0. The Morgan fingerprint density at radius 2 is 1.73 bits per heavy atom. The second-order valence-corrected chi connectivity index (χ2v) is 14.0. The number of aryl methyl sites for hydroxylation is 1. The van der Waals surface area contributed by atoms with Gasteiger partial charge in [-0.15, -0.1) is 0 Å². The van der Waals surface area contributed by atoms with E-state index in [2.05, 4.69) is 10.0 Å². The molecule has 1 atom stereocenters. The van der Waals surface area contributed by atoms with Gasteiger partial charge in [0.2, 0.25) is 15.9 Å². The molecule has 0 aliphatic carbocycles. The third-order valence-corrected chi connectivity index (χ3v) is 10.4. The van der Waals surface area contributed by atoms with Crippen LogP contribution in [0.3, 0.4) is 0 Å². The van der Waals surface area contributed by atoms with Gasteiger partial charge in [-0.1, -0.05) is 35.3 Å². The second kappa shape index (κ2) is 12.4. The minimum Gasteiger partial charge on any atom is -0.495 e. The summed E-state index contributed by atoms with van der Waals surface area (Å²) in [6, 6.07) is 15.6. The van der Waals surface area contributed by atoms with Gasteiger partial charge in [-0.05, 0) is 79.4 Å². The maximum Gasteiger partial charge on any atom is 0.262 e. The van der Waals surface area contributed by atoms with Crippen LogP contribution >= 0.6 is 23.2 Å². The SMILES string of the molecule is COc1ccc(C)cc1NS(=O)(=O)c1ccc(NC(=O)[C@H]2CCCN(S(=O)(=O)Cc3ccc(Cl)c(Cl)c3)C2)cc1.